The molecular formula is C18H26ClN3O2S. The van der Waals surface area contributed by atoms with Crippen LogP contribution in [0.2, 0.25) is 5.02 Å². The van der Waals surface area contributed by atoms with Gasteiger partial charge in [-0.05, 0) is 24.1 Å². The van der Waals surface area contributed by atoms with Crippen LogP contribution in [0.4, 0.5) is 0 Å². The van der Waals surface area contributed by atoms with Gasteiger partial charge in [0.25, 0.3) is 0 Å². The number of thioether (sulfide) groups is 1. The SMILES string of the molecule is CCCNC(=O)CN1CCN(C(=O)CSCc2cccc(Cl)c2)CC1. The Bertz CT molecular complexity index is 577. The van der Waals surface area contributed by atoms with Crippen molar-refractivity contribution in [1.29, 1.82) is 0 Å². The summed E-state index contributed by atoms with van der Waals surface area (Å²) < 4.78 is 0. The predicted molar refractivity (Wildman–Crippen MR) is 104 cm³/mol. The first-order chi connectivity index (χ1) is 12.1. The van der Waals surface area contributed by atoms with Crippen molar-refractivity contribution in [2.24, 2.45) is 0 Å². The molecule has 1 N–H and O–H groups in total. The fourth-order valence-corrected chi connectivity index (χ4v) is 3.74. The topological polar surface area (TPSA) is 52.7 Å². The molecule has 0 radical (unpaired) electrons. The summed E-state index contributed by atoms with van der Waals surface area (Å²) in [5, 5.41) is 3.61. The Labute approximate surface area is 159 Å². The second-order valence-electron chi connectivity index (χ2n) is 6.13. The molecule has 5 nitrogen and oxygen atoms in total. The van der Waals surface area contributed by atoms with Crippen LogP contribution < -0.4 is 5.32 Å². The molecule has 1 fully saturated rings. The Morgan fingerprint density at radius 2 is 2.00 bits per heavy atom. The molecule has 1 aromatic rings. The molecule has 2 rings (SSSR count). The minimum atomic E-state index is 0.0682. The highest BCUT2D eigenvalue weighted by atomic mass is 35.5. The third kappa shape index (κ3) is 7.26. The van der Waals surface area contributed by atoms with E-state index in [0.29, 0.717) is 25.4 Å². The summed E-state index contributed by atoms with van der Waals surface area (Å²) in [6.45, 7) is 6.07. The molecule has 0 aliphatic carbocycles. The minimum Gasteiger partial charge on any atom is -0.355 e. The van der Waals surface area contributed by atoms with Gasteiger partial charge in [0, 0.05) is 43.5 Å². The van der Waals surface area contributed by atoms with E-state index >= 15 is 0 Å². The number of carbonyl (C=O) groups is 2. The van der Waals surface area contributed by atoms with Gasteiger partial charge in [-0.1, -0.05) is 30.7 Å². The van der Waals surface area contributed by atoms with E-state index in [0.717, 1.165) is 42.4 Å². The number of hydrogen-bond acceptors (Lipinski definition) is 4. The monoisotopic (exact) mass is 383 g/mol. The zero-order valence-electron chi connectivity index (χ0n) is 14.7. The first-order valence-corrected chi connectivity index (χ1v) is 10.2. The standard InChI is InChI=1S/C18H26ClN3O2S/c1-2-6-20-17(23)12-21-7-9-22(10-8-21)18(24)14-25-13-15-4-3-5-16(19)11-15/h3-5,11H,2,6-10,12-14H2,1H3,(H,20,23). The lowest BCUT2D eigenvalue weighted by Crippen LogP contribution is -2.51. The van der Waals surface area contributed by atoms with Gasteiger partial charge in [0.05, 0.1) is 12.3 Å². The molecule has 0 spiro atoms. The largest absolute Gasteiger partial charge is 0.355 e. The number of carbonyl (C=O) groups excluding carboxylic acids is 2. The molecule has 7 heteroatoms. The molecule has 25 heavy (non-hydrogen) atoms. The van der Waals surface area contributed by atoms with Crippen molar-refractivity contribution in [2.45, 2.75) is 19.1 Å². The molecule has 1 saturated heterocycles. The summed E-state index contributed by atoms with van der Waals surface area (Å²) >= 11 is 7.58. The van der Waals surface area contributed by atoms with E-state index in [4.69, 9.17) is 11.6 Å². The van der Waals surface area contributed by atoms with Crippen molar-refractivity contribution < 1.29 is 9.59 Å². The smallest absolute Gasteiger partial charge is 0.234 e. The molecule has 0 saturated carbocycles. The zero-order chi connectivity index (χ0) is 18.1. The van der Waals surface area contributed by atoms with Crippen LogP contribution >= 0.6 is 23.4 Å². The number of halogens is 1. The number of nitrogens with one attached hydrogen (secondary N) is 1. The van der Waals surface area contributed by atoms with Crippen molar-refractivity contribution in [3.63, 3.8) is 0 Å². The molecular weight excluding hydrogens is 358 g/mol. The lowest BCUT2D eigenvalue weighted by atomic mass is 10.2. The van der Waals surface area contributed by atoms with Crippen LogP contribution in [0.3, 0.4) is 0 Å². The average molecular weight is 384 g/mol. The number of benzene rings is 1. The van der Waals surface area contributed by atoms with Crippen LogP contribution in [0.15, 0.2) is 24.3 Å². The molecule has 2 amide bonds. The van der Waals surface area contributed by atoms with Crippen LogP contribution in [0.1, 0.15) is 18.9 Å². The first-order valence-electron chi connectivity index (χ1n) is 8.67. The van der Waals surface area contributed by atoms with Gasteiger partial charge in [-0.25, -0.2) is 0 Å². The van der Waals surface area contributed by atoms with E-state index < -0.39 is 0 Å². The van der Waals surface area contributed by atoms with E-state index in [1.807, 2.05) is 36.1 Å². The number of hydrogen-bond donors (Lipinski definition) is 1. The quantitative estimate of drug-likeness (QED) is 0.748. The summed E-state index contributed by atoms with van der Waals surface area (Å²) in [6.07, 6.45) is 0.945. The molecule has 1 aromatic carbocycles. The van der Waals surface area contributed by atoms with Crippen molar-refractivity contribution >= 4 is 35.2 Å². The van der Waals surface area contributed by atoms with Crippen LogP contribution in [0.25, 0.3) is 0 Å². The van der Waals surface area contributed by atoms with Gasteiger partial charge < -0.3 is 10.2 Å². The lowest BCUT2D eigenvalue weighted by Gasteiger charge is -2.34. The highest BCUT2D eigenvalue weighted by Crippen LogP contribution is 2.17. The maximum atomic E-state index is 12.3. The lowest BCUT2D eigenvalue weighted by molar-refractivity contribution is -0.130. The Kier molecular flexibility index (Phi) is 8.58. The maximum absolute atomic E-state index is 12.3. The second kappa shape index (κ2) is 10.7. The van der Waals surface area contributed by atoms with E-state index in [1.54, 1.807) is 11.8 Å². The van der Waals surface area contributed by atoms with Crippen LogP contribution in [0, 0.1) is 0 Å². The Morgan fingerprint density at radius 3 is 2.68 bits per heavy atom. The Balaban J connectivity index is 1.64. The van der Waals surface area contributed by atoms with Gasteiger partial charge in [0.15, 0.2) is 0 Å². The third-order valence-electron chi connectivity index (χ3n) is 4.05. The fourth-order valence-electron chi connectivity index (χ4n) is 2.65. The molecule has 1 aliphatic rings. The van der Waals surface area contributed by atoms with Gasteiger partial charge in [-0.2, -0.15) is 0 Å². The normalized spacial score (nSPS) is 15.2. The number of amides is 2. The van der Waals surface area contributed by atoms with E-state index in [-0.39, 0.29) is 11.8 Å². The summed E-state index contributed by atoms with van der Waals surface area (Å²) in [5.74, 6) is 1.49. The van der Waals surface area contributed by atoms with Gasteiger partial charge in [-0.3, -0.25) is 14.5 Å². The van der Waals surface area contributed by atoms with Crippen LogP contribution in [0.5, 0.6) is 0 Å². The van der Waals surface area contributed by atoms with E-state index in [9.17, 15) is 9.59 Å². The van der Waals surface area contributed by atoms with Crippen LogP contribution in [-0.2, 0) is 15.3 Å². The Hall–Kier alpha value is -1.24. The molecule has 1 heterocycles. The van der Waals surface area contributed by atoms with Gasteiger partial charge in [0.2, 0.25) is 11.8 Å². The second-order valence-corrected chi connectivity index (χ2v) is 7.55. The number of nitrogens with zero attached hydrogens (tertiary/aromatic N) is 2. The molecule has 0 aromatic heterocycles. The average Bonchev–Trinajstić information content (AvgIpc) is 2.60. The molecule has 0 atom stereocenters. The fraction of sp³-hybridized carbons (Fsp3) is 0.556. The number of piperazine rings is 1. The van der Waals surface area contributed by atoms with E-state index in [1.165, 1.54) is 0 Å². The third-order valence-corrected chi connectivity index (χ3v) is 5.27. The Morgan fingerprint density at radius 1 is 1.24 bits per heavy atom. The molecule has 1 aliphatic heterocycles. The predicted octanol–water partition coefficient (Wildman–Crippen LogP) is 2.24. The number of rotatable bonds is 8. The van der Waals surface area contributed by atoms with Gasteiger partial charge in [-0.15, -0.1) is 11.8 Å². The highest BCUT2D eigenvalue weighted by molar-refractivity contribution is 7.99. The molecule has 0 unspecified atom stereocenters. The van der Waals surface area contributed by atoms with E-state index in [2.05, 4.69) is 10.2 Å². The first kappa shape index (κ1) is 20.1. The summed E-state index contributed by atoms with van der Waals surface area (Å²) in [4.78, 5) is 28.0. The maximum Gasteiger partial charge on any atom is 0.234 e. The van der Waals surface area contributed by atoms with Crippen LogP contribution in [-0.4, -0.2) is 66.6 Å². The summed E-state index contributed by atoms with van der Waals surface area (Å²) in [7, 11) is 0. The summed E-state index contributed by atoms with van der Waals surface area (Å²) in [5.41, 5.74) is 1.13. The van der Waals surface area contributed by atoms with Crippen molar-refractivity contribution in [2.75, 3.05) is 45.0 Å². The minimum absolute atomic E-state index is 0.0682. The van der Waals surface area contributed by atoms with Gasteiger partial charge in [0.1, 0.15) is 0 Å². The van der Waals surface area contributed by atoms with Gasteiger partial charge >= 0.3 is 0 Å². The summed E-state index contributed by atoms with van der Waals surface area (Å²) in [6, 6.07) is 7.73. The van der Waals surface area contributed by atoms with Crippen molar-refractivity contribution in [1.82, 2.24) is 15.1 Å². The van der Waals surface area contributed by atoms with Crippen molar-refractivity contribution in [3.05, 3.63) is 34.9 Å². The molecule has 0 bridgehead atoms. The molecule has 138 valence electrons. The zero-order valence-corrected chi connectivity index (χ0v) is 16.2. The van der Waals surface area contributed by atoms with Crippen molar-refractivity contribution in [3.8, 4) is 0 Å². The highest BCUT2D eigenvalue weighted by Gasteiger charge is 2.22.